The monoisotopic (exact) mass is 286 g/mol. The molecular formula is C16H18N2O3. The van der Waals surface area contributed by atoms with Crippen LogP contribution in [0.1, 0.15) is 33.6 Å². The van der Waals surface area contributed by atoms with Crippen LogP contribution in [0.3, 0.4) is 0 Å². The van der Waals surface area contributed by atoms with Crippen molar-refractivity contribution >= 4 is 22.8 Å². The molecule has 1 aliphatic rings. The number of carbonyl (C=O) groups is 2. The Morgan fingerprint density at radius 1 is 1.24 bits per heavy atom. The second kappa shape index (κ2) is 4.62. The number of carboxylic acid groups (broad SMARTS) is 1. The number of H-pyrrole nitrogens is 1. The molecule has 3 rings (SSSR count). The summed E-state index contributed by atoms with van der Waals surface area (Å²) in [7, 11) is 0. The number of rotatable bonds is 2. The molecule has 1 aliphatic heterocycles. The van der Waals surface area contributed by atoms with E-state index in [-0.39, 0.29) is 5.91 Å². The summed E-state index contributed by atoms with van der Waals surface area (Å²) in [6.45, 7) is 6.42. The zero-order valence-corrected chi connectivity index (χ0v) is 12.4. The van der Waals surface area contributed by atoms with Gasteiger partial charge in [-0.2, -0.15) is 0 Å². The van der Waals surface area contributed by atoms with E-state index in [1.807, 2.05) is 32.9 Å². The van der Waals surface area contributed by atoms with Crippen LogP contribution in [0.5, 0.6) is 0 Å². The smallest absolute Gasteiger partial charge is 0.326 e. The minimum Gasteiger partial charge on any atom is -0.480 e. The summed E-state index contributed by atoms with van der Waals surface area (Å²) in [4.78, 5) is 28.3. The standard InChI is InChI=1S/C16H18N2O3/c1-8-4-5-9(2)13-12(8)10(3)14(17-13)15(19)18-7-6-11(18)16(20)21/h4-5,11,17H,6-7H2,1-3H3,(H,20,21)/t11-/m0/s1. The summed E-state index contributed by atoms with van der Waals surface area (Å²) in [5, 5.41) is 10.2. The molecule has 1 amide bonds. The SMILES string of the molecule is Cc1ccc(C)c2c(C)c(C(=O)N3CC[C@H]3C(=O)O)[nH]c12. The van der Waals surface area contributed by atoms with Crippen LogP contribution in [0.2, 0.25) is 0 Å². The molecule has 0 saturated carbocycles. The van der Waals surface area contributed by atoms with Crippen LogP contribution in [0.4, 0.5) is 0 Å². The van der Waals surface area contributed by atoms with Gasteiger partial charge in [-0.05, 0) is 43.9 Å². The van der Waals surface area contributed by atoms with Gasteiger partial charge in [-0.25, -0.2) is 4.79 Å². The Kier molecular flexibility index (Phi) is 3.01. The first-order valence-electron chi connectivity index (χ1n) is 7.04. The summed E-state index contributed by atoms with van der Waals surface area (Å²) in [5.41, 5.74) is 4.56. The molecule has 2 aromatic rings. The molecule has 1 fully saturated rings. The van der Waals surface area contributed by atoms with E-state index in [4.69, 9.17) is 5.11 Å². The molecule has 0 radical (unpaired) electrons. The molecule has 21 heavy (non-hydrogen) atoms. The number of carbonyl (C=O) groups excluding carboxylic acids is 1. The third-order valence-corrected chi connectivity index (χ3v) is 4.40. The summed E-state index contributed by atoms with van der Waals surface area (Å²) in [6, 6.07) is 3.37. The van der Waals surface area contributed by atoms with E-state index in [1.165, 1.54) is 4.90 Å². The van der Waals surface area contributed by atoms with E-state index in [0.717, 1.165) is 27.6 Å². The molecule has 5 heteroatoms. The lowest BCUT2D eigenvalue weighted by Crippen LogP contribution is -2.55. The van der Waals surface area contributed by atoms with Gasteiger partial charge in [-0.3, -0.25) is 4.79 Å². The number of benzene rings is 1. The Balaban J connectivity index is 2.07. The lowest BCUT2D eigenvalue weighted by molar-refractivity contribution is -0.146. The Morgan fingerprint density at radius 3 is 2.43 bits per heavy atom. The van der Waals surface area contributed by atoms with Crippen LogP contribution >= 0.6 is 0 Å². The third-order valence-electron chi connectivity index (χ3n) is 4.40. The molecule has 1 atom stereocenters. The number of aryl methyl sites for hydroxylation is 3. The first kappa shape index (κ1) is 13.7. The van der Waals surface area contributed by atoms with Crippen molar-refractivity contribution in [1.82, 2.24) is 9.88 Å². The second-order valence-corrected chi connectivity index (χ2v) is 5.72. The minimum absolute atomic E-state index is 0.221. The van der Waals surface area contributed by atoms with Crippen molar-refractivity contribution < 1.29 is 14.7 Å². The number of hydrogen-bond acceptors (Lipinski definition) is 2. The lowest BCUT2D eigenvalue weighted by Gasteiger charge is -2.37. The molecule has 0 bridgehead atoms. The predicted molar refractivity (Wildman–Crippen MR) is 79.6 cm³/mol. The van der Waals surface area contributed by atoms with Crippen LogP contribution in [0, 0.1) is 20.8 Å². The van der Waals surface area contributed by atoms with Crippen LogP contribution in [0.25, 0.3) is 10.9 Å². The highest BCUT2D eigenvalue weighted by atomic mass is 16.4. The van der Waals surface area contributed by atoms with Gasteiger partial charge in [0.15, 0.2) is 0 Å². The number of fused-ring (bicyclic) bond motifs is 1. The molecule has 0 aliphatic carbocycles. The van der Waals surface area contributed by atoms with Gasteiger partial charge in [-0.1, -0.05) is 12.1 Å². The molecule has 2 N–H and O–H groups in total. The molecule has 1 saturated heterocycles. The van der Waals surface area contributed by atoms with Gasteiger partial charge in [-0.15, -0.1) is 0 Å². The fourth-order valence-corrected chi connectivity index (χ4v) is 3.04. The Labute approximate surface area is 122 Å². The first-order chi connectivity index (χ1) is 9.91. The van der Waals surface area contributed by atoms with Crippen molar-refractivity contribution in [2.75, 3.05) is 6.54 Å². The zero-order chi connectivity index (χ0) is 15.3. The van der Waals surface area contributed by atoms with Crippen molar-refractivity contribution in [3.05, 3.63) is 34.5 Å². The lowest BCUT2D eigenvalue weighted by atomic mass is 10.0. The fraction of sp³-hybridized carbons (Fsp3) is 0.375. The number of aromatic nitrogens is 1. The van der Waals surface area contributed by atoms with Crippen molar-refractivity contribution in [3.8, 4) is 0 Å². The van der Waals surface area contributed by atoms with Crippen molar-refractivity contribution in [2.45, 2.75) is 33.2 Å². The van der Waals surface area contributed by atoms with Crippen LogP contribution in [-0.2, 0) is 4.79 Å². The normalized spacial score (nSPS) is 17.9. The third kappa shape index (κ3) is 1.92. The van der Waals surface area contributed by atoms with E-state index in [9.17, 15) is 9.59 Å². The highest BCUT2D eigenvalue weighted by Gasteiger charge is 2.39. The number of aliphatic carboxylic acids is 1. The Bertz CT molecular complexity index is 760. The fourth-order valence-electron chi connectivity index (χ4n) is 3.04. The number of nitrogens with one attached hydrogen (secondary N) is 1. The number of amides is 1. The van der Waals surface area contributed by atoms with Crippen molar-refractivity contribution in [2.24, 2.45) is 0 Å². The Hall–Kier alpha value is -2.30. The van der Waals surface area contributed by atoms with E-state index >= 15 is 0 Å². The number of likely N-dealkylation sites (tertiary alicyclic amines) is 1. The molecule has 1 aromatic carbocycles. The first-order valence-corrected chi connectivity index (χ1v) is 7.04. The maximum Gasteiger partial charge on any atom is 0.326 e. The van der Waals surface area contributed by atoms with Gasteiger partial charge in [0.05, 0.1) is 0 Å². The summed E-state index contributed by atoms with van der Waals surface area (Å²) >= 11 is 0. The Morgan fingerprint density at radius 2 is 1.90 bits per heavy atom. The summed E-state index contributed by atoms with van der Waals surface area (Å²) < 4.78 is 0. The molecular weight excluding hydrogens is 268 g/mol. The van der Waals surface area contributed by atoms with Gasteiger partial charge in [0.2, 0.25) is 0 Å². The molecule has 0 unspecified atom stereocenters. The quantitative estimate of drug-likeness (QED) is 0.890. The van der Waals surface area contributed by atoms with Crippen LogP contribution in [0.15, 0.2) is 12.1 Å². The number of hydrogen-bond donors (Lipinski definition) is 2. The topological polar surface area (TPSA) is 73.4 Å². The number of nitrogens with zero attached hydrogens (tertiary/aromatic N) is 1. The maximum atomic E-state index is 12.6. The molecule has 110 valence electrons. The van der Waals surface area contributed by atoms with Gasteiger partial charge >= 0.3 is 5.97 Å². The predicted octanol–water partition coefficient (Wildman–Crippen LogP) is 2.39. The van der Waals surface area contributed by atoms with E-state index in [1.54, 1.807) is 0 Å². The van der Waals surface area contributed by atoms with Crippen LogP contribution in [-0.4, -0.2) is 39.5 Å². The van der Waals surface area contributed by atoms with Crippen molar-refractivity contribution in [1.29, 1.82) is 0 Å². The van der Waals surface area contributed by atoms with E-state index < -0.39 is 12.0 Å². The van der Waals surface area contributed by atoms with Gasteiger partial charge < -0.3 is 15.0 Å². The molecule has 0 spiro atoms. The zero-order valence-electron chi connectivity index (χ0n) is 12.4. The average molecular weight is 286 g/mol. The van der Waals surface area contributed by atoms with Crippen LogP contribution < -0.4 is 0 Å². The van der Waals surface area contributed by atoms with Gasteiger partial charge in [0.25, 0.3) is 5.91 Å². The number of carboxylic acids is 1. The molecule has 5 nitrogen and oxygen atoms in total. The minimum atomic E-state index is -0.935. The summed E-state index contributed by atoms with van der Waals surface area (Å²) in [5.74, 6) is -1.16. The number of aromatic amines is 1. The highest BCUT2D eigenvalue weighted by molar-refractivity contribution is 6.04. The molecule has 2 heterocycles. The van der Waals surface area contributed by atoms with Gasteiger partial charge in [0.1, 0.15) is 11.7 Å². The van der Waals surface area contributed by atoms with Gasteiger partial charge in [0, 0.05) is 17.4 Å². The van der Waals surface area contributed by atoms with E-state index in [2.05, 4.69) is 4.98 Å². The maximum absolute atomic E-state index is 12.6. The largest absolute Gasteiger partial charge is 0.480 e. The van der Waals surface area contributed by atoms with E-state index in [0.29, 0.717) is 18.7 Å². The average Bonchev–Trinajstić information content (AvgIpc) is 2.71. The highest BCUT2D eigenvalue weighted by Crippen LogP contribution is 2.30. The second-order valence-electron chi connectivity index (χ2n) is 5.72. The summed E-state index contributed by atoms with van der Waals surface area (Å²) in [6.07, 6.45) is 0.526. The molecule has 1 aromatic heterocycles. The van der Waals surface area contributed by atoms with Crippen molar-refractivity contribution in [3.63, 3.8) is 0 Å².